The van der Waals surface area contributed by atoms with Crippen LogP contribution in [-0.2, 0) is 20.4 Å². The van der Waals surface area contributed by atoms with Crippen LogP contribution in [0.5, 0.6) is 0 Å². The first-order chi connectivity index (χ1) is 4.81. The van der Waals surface area contributed by atoms with Crippen molar-refractivity contribution < 1.29 is 21.4 Å². The molecule has 0 aromatic heterocycles. The summed E-state index contributed by atoms with van der Waals surface area (Å²) in [6.45, 7) is 3.09. The van der Waals surface area contributed by atoms with Crippen LogP contribution in [0.4, 0.5) is 0 Å². The Hall–Kier alpha value is -0.660. The van der Waals surface area contributed by atoms with Gasteiger partial charge in [0.15, 0.2) is 0 Å². The van der Waals surface area contributed by atoms with Gasteiger partial charge in [0.25, 0.3) is 10.1 Å². The third-order valence-corrected chi connectivity index (χ3v) is 1.89. The van der Waals surface area contributed by atoms with Crippen molar-refractivity contribution in [2.75, 3.05) is 5.75 Å². The summed E-state index contributed by atoms with van der Waals surface area (Å²) in [4.78, 5) is 0. The van der Waals surface area contributed by atoms with Crippen LogP contribution in [0, 0.1) is 0 Å². The summed E-state index contributed by atoms with van der Waals surface area (Å²) < 4.78 is 48.2. The number of rotatable bonds is 3. The van der Waals surface area contributed by atoms with Crippen molar-refractivity contribution in [3.63, 3.8) is 0 Å². The monoisotopic (exact) mass is 198 g/mol. The van der Waals surface area contributed by atoms with Crippen molar-refractivity contribution >= 4 is 25.8 Å². The molecule has 0 rings (SSSR count). The van der Waals surface area contributed by atoms with Gasteiger partial charge >= 0.3 is 0 Å². The van der Waals surface area contributed by atoms with Crippen molar-refractivity contribution in [3.8, 4) is 0 Å². The Morgan fingerprint density at radius 2 is 2.00 bits per heavy atom. The Labute approximate surface area is 65.6 Å². The zero-order valence-corrected chi connectivity index (χ0v) is 7.02. The standard InChI is InChI=1S/C4H6O5S2/c1-4(2-10(5)6)3-11(7,8)9/h2H,1,3H2,(H,7,8,9). The summed E-state index contributed by atoms with van der Waals surface area (Å²) in [6.07, 6.45) is 0. The SMILES string of the molecule is C=C(C=S(=O)=O)CS(=O)(=O)O. The van der Waals surface area contributed by atoms with E-state index in [1.54, 1.807) is 0 Å². The highest BCUT2D eigenvalue weighted by Crippen LogP contribution is 1.90. The summed E-state index contributed by atoms with van der Waals surface area (Å²) in [5, 5.41) is 0.619. The van der Waals surface area contributed by atoms with Gasteiger partial charge in [0.2, 0.25) is 10.3 Å². The average molecular weight is 198 g/mol. The molecule has 0 heterocycles. The zero-order valence-electron chi connectivity index (χ0n) is 5.39. The van der Waals surface area contributed by atoms with Crippen molar-refractivity contribution in [2.24, 2.45) is 0 Å². The Bertz CT molecular complexity index is 363. The van der Waals surface area contributed by atoms with E-state index in [1.807, 2.05) is 0 Å². The predicted octanol–water partition coefficient (Wildman–Crippen LogP) is -0.888. The van der Waals surface area contributed by atoms with E-state index in [0.717, 1.165) is 0 Å². The number of hydrogen-bond acceptors (Lipinski definition) is 4. The average Bonchev–Trinajstić information content (AvgIpc) is 1.53. The van der Waals surface area contributed by atoms with E-state index in [2.05, 4.69) is 6.58 Å². The molecule has 11 heavy (non-hydrogen) atoms. The van der Waals surface area contributed by atoms with Crippen LogP contribution in [0.25, 0.3) is 0 Å². The molecule has 0 unspecified atom stereocenters. The van der Waals surface area contributed by atoms with E-state index in [9.17, 15) is 16.8 Å². The molecule has 0 aliphatic carbocycles. The number of hydrogen-bond donors (Lipinski definition) is 1. The molecule has 0 saturated carbocycles. The molecule has 0 bridgehead atoms. The molecule has 0 atom stereocenters. The summed E-state index contributed by atoms with van der Waals surface area (Å²) in [7, 11) is -6.65. The van der Waals surface area contributed by atoms with Crippen LogP contribution in [0.1, 0.15) is 0 Å². The highest BCUT2D eigenvalue weighted by molar-refractivity contribution is 7.86. The van der Waals surface area contributed by atoms with Gasteiger partial charge in [-0.3, -0.25) is 4.55 Å². The minimum Gasteiger partial charge on any atom is -0.285 e. The van der Waals surface area contributed by atoms with Gasteiger partial charge in [-0.2, -0.15) is 16.8 Å². The fourth-order valence-corrected chi connectivity index (χ4v) is 1.42. The lowest BCUT2D eigenvalue weighted by molar-refractivity contribution is 0.486. The predicted molar refractivity (Wildman–Crippen MR) is 40.5 cm³/mol. The normalized spacial score (nSPS) is 10.6. The first-order valence-electron chi connectivity index (χ1n) is 2.37. The Morgan fingerprint density at radius 3 is 2.27 bits per heavy atom. The fourth-order valence-electron chi connectivity index (χ4n) is 0.404. The molecule has 0 saturated heterocycles. The fraction of sp³-hybridized carbons (Fsp3) is 0.250. The van der Waals surface area contributed by atoms with E-state index in [0.29, 0.717) is 5.37 Å². The zero-order chi connectivity index (χ0) is 9.07. The van der Waals surface area contributed by atoms with Crippen molar-refractivity contribution in [1.82, 2.24) is 0 Å². The van der Waals surface area contributed by atoms with Crippen LogP contribution in [0.15, 0.2) is 12.2 Å². The van der Waals surface area contributed by atoms with Crippen LogP contribution in [0.2, 0.25) is 0 Å². The van der Waals surface area contributed by atoms with Crippen molar-refractivity contribution in [2.45, 2.75) is 0 Å². The van der Waals surface area contributed by atoms with Crippen LogP contribution in [-0.4, -0.2) is 32.5 Å². The Kier molecular flexibility index (Phi) is 3.43. The van der Waals surface area contributed by atoms with Crippen LogP contribution >= 0.6 is 0 Å². The van der Waals surface area contributed by atoms with Gasteiger partial charge in [-0.05, 0) is 5.57 Å². The maximum Gasteiger partial charge on any atom is 0.269 e. The van der Waals surface area contributed by atoms with E-state index >= 15 is 0 Å². The lowest BCUT2D eigenvalue weighted by Gasteiger charge is -1.91. The molecular formula is C4H6O5S2. The maximum absolute atomic E-state index is 10.1. The summed E-state index contributed by atoms with van der Waals surface area (Å²) in [5.74, 6) is -0.763. The third kappa shape index (κ3) is 7.23. The van der Waals surface area contributed by atoms with Gasteiger partial charge in [0.05, 0.1) is 5.37 Å². The second-order valence-electron chi connectivity index (χ2n) is 1.76. The van der Waals surface area contributed by atoms with Gasteiger partial charge in [0, 0.05) is 0 Å². The minimum absolute atomic E-state index is 0.180. The largest absolute Gasteiger partial charge is 0.285 e. The second-order valence-corrected chi connectivity index (χ2v) is 3.97. The van der Waals surface area contributed by atoms with E-state index < -0.39 is 26.2 Å². The molecule has 0 aliphatic rings. The summed E-state index contributed by atoms with van der Waals surface area (Å²) in [5.41, 5.74) is -0.180. The third-order valence-electron chi connectivity index (χ3n) is 0.631. The summed E-state index contributed by atoms with van der Waals surface area (Å²) >= 11 is 0. The van der Waals surface area contributed by atoms with Gasteiger partial charge < -0.3 is 0 Å². The molecular weight excluding hydrogens is 192 g/mol. The second kappa shape index (κ2) is 3.65. The maximum atomic E-state index is 10.1. The first-order valence-corrected chi connectivity index (χ1v) is 5.12. The Balaban J connectivity index is 4.48. The van der Waals surface area contributed by atoms with Gasteiger partial charge in [0.1, 0.15) is 5.75 Å². The highest BCUT2D eigenvalue weighted by Gasteiger charge is 2.05. The van der Waals surface area contributed by atoms with Gasteiger partial charge in [-0.1, -0.05) is 6.58 Å². The smallest absolute Gasteiger partial charge is 0.269 e. The van der Waals surface area contributed by atoms with E-state index in [4.69, 9.17) is 4.55 Å². The topological polar surface area (TPSA) is 88.5 Å². The van der Waals surface area contributed by atoms with E-state index in [1.165, 1.54) is 0 Å². The van der Waals surface area contributed by atoms with Crippen LogP contribution < -0.4 is 0 Å². The molecule has 0 aromatic rings. The lowest BCUT2D eigenvalue weighted by atomic mass is 10.4. The quantitative estimate of drug-likeness (QED) is 0.361. The van der Waals surface area contributed by atoms with Crippen LogP contribution in [0.3, 0.4) is 0 Å². The molecule has 0 spiro atoms. The highest BCUT2D eigenvalue weighted by atomic mass is 32.2. The van der Waals surface area contributed by atoms with Crippen molar-refractivity contribution in [3.05, 3.63) is 12.2 Å². The molecule has 0 amide bonds. The lowest BCUT2D eigenvalue weighted by Crippen LogP contribution is -2.06. The molecule has 7 heteroatoms. The van der Waals surface area contributed by atoms with Gasteiger partial charge in [-0.15, -0.1) is 0 Å². The molecule has 0 fully saturated rings. The first kappa shape index (κ1) is 10.3. The van der Waals surface area contributed by atoms with E-state index in [-0.39, 0.29) is 5.57 Å². The molecule has 1 N–H and O–H groups in total. The molecule has 64 valence electrons. The minimum atomic E-state index is -4.17. The van der Waals surface area contributed by atoms with Crippen molar-refractivity contribution in [1.29, 1.82) is 0 Å². The van der Waals surface area contributed by atoms with Gasteiger partial charge in [-0.25, -0.2) is 0 Å². The molecule has 5 nitrogen and oxygen atoms in total. The summed E-state index contributed by atoms with van der Waals surface area (Å²) in [6, 6.07) is 0. The molecule has 0 aliphatic heterocycles. The Morgan fingerprint density at radius 1 is 1.55 bits per heavy atom. The molecule has 0 aromatic carbocycles. The molecule has 0 radical (unpaired) electrons.